The summed E-state index contributed by atoms with van der Waals surface area (Å²) in [4.78, 5) is 30.3. The van der Waals surface area contributed by atoms with Crippen LogP contribution in [-0.2, 0) is 4.79 Å². The Labute approximate surface area is 189 Å². The molecule has 164 valence electrons. The number of piperazine rings is 1. The third-order valence-electron chi connectivity index (χ3n) is 6.00. The van der Waals surface area contributed by atoms with Gasteiger partial charge in [0.2, 0.25) is 5.91 Å². The van der Waals surface area contributed by atoms with Crippen molar-refractivity contribution in [2.75, 3.05) is 31.5 Å². The van der Waals surface area contributed by atoms with Crippen LogP contribution in [-0.4, -0.2) is 47.8 Å². The summed E-state index contributed by atoms with van der Waals surface area (Å²) in [5, 5.41) is 3.15. The number of benzene rings is 3. The maximum Gasteiger partial charge on any atom is 0.253 e. The summed E-state index contributed by atoms with van der Waals surface area (Å²) >= 11 is 0. The van der Waals surface area contributed by atoms with Crippen molar-refractivity contribution in [3.05, 3.63) is 101 Å². The van der Waals surface area contributed by atoms with E-state index in [1.54, 1.807) is 0 Å². The van der Waals surface area contributed by atoms with Crippen molar-refractivity contribution in [3.63, 3.8) is 0 Å². The number of hydrogen-bond donors (Lipinski definition) is 1. The molecule has 1 aliphatic rings. The first kappa shape index (κ1) is 21.8. The lowest BCUT2D eigenvalue weighted by molar-refractivity contribution is -0.122. The lowest BCUT2D eigenvalue weighted by atomic mass is 10.0. The van der Waals surface area contributed by atoms with Crippen molar-refractivity contribution in [2.45, 2.75) is 19.9 Å². The number of aryl methyl sites for hydroxylation is 2. The van der Waals surface area contributed by atoms with Crippen LogP contribution in [0.1, 0.15) is 33.1 Å². The van der Waals surface area contributed by atoms with E-state index in [2.05, 4.69) is 10.2 Å². The fourth-order valence-corrected chi connectivity index (χ4v) is 4.18. The maximum atomic E-state index is 13.5. The van der Waals surface area contributed by atoms with Gasteiger partial charge in [-0.05, 0) is 48.7 Å². The van der Waals surface area contributed by atoms with Gasteiger partial charge in [0.15, 0.2) is 0 Å². The van der Waals surface area contributed by atoms with E-state index in [9.17, 15) is 9.59 Å². The molecule has 0 saturated carbocycles. The van der Waals surface area contributed by atoms with Crippen LogP contribution in [0.4, 0.5) is 5.69 Å². The first-order chi connectivity index (χ1) is 15.5. The molecule has 4 rings (SSSR count). The predicted octanol–water partition coefficient (Wildman–Crippen LogP) is 4.44. The van der Waals surface area contributed by atoms with E-state index in [1.165, 1.54) is 0 Å². The van der Waals surface area contributed by atoms with Crippen molar-refractivity contribution >= 4 is 17.5 Å². The second-order valence-corrected chi connectivity index (χ2v) is 8.32. The number of carbonyl (C=O) groups excluding carboxylic acids is 2. The number of carbonyl (C=O) groups is 2. The van der Waals surface area contributed by atoms with Gasteiger partial charge in [-0.25, -0.2) is 0 Å². The summed E-state index contributed by atoms with van der Waals surface area (Å²) in [7, 11) is 0. The predicted molar refractivity (Wildman–Crippen MR) is 128 cm³/mol. The second kappa shape index (κ2) is 9.79. The number of anilines is 1. The summed E-state index contributed by atoms with van der Waals surface area (Å²) in [6.45, 7) is 6.48. The van der Waals surface area contributed by atoms with E-state index in [0.29, 0.717) is 31.7 Å². The minimum absolute atomic E-state index is 0.0429. The standard InChI is InChI=1S/C27H29N3O2/c1-20-13-14-21(2)24(19-20)28-26(31)25(22-9-5-3-6-10-22)29-15-17-30(18-16-29)27(32)23-11-7-4-8-12-23/h3-14,19,25H,15-18H2,1-2H3,(H,28,31)/t25-/m1/s1. The average Bonchev–Trinajstić information content (AvgIpc) is 2.83. The normalized spacial score (nSPS) is 15.2. The monoisotopic (exact) mass is 427 g/mol. The first-order valence-corrected chi connectivity index (χ1v) is 11.0. The zero-order chi connectivity index (χ0) is 22.5. The van der Waals surface area contributed by atoms with Crippen molar-refractivity contribution < 1.29 is 9.59 Å². The molecule has 1 fully saturated rings. The van der Waals surface area contributed by atoms with Gasteiger partial charge < -0.3 is 10.2 Å². The molecule has 32 heavy (non-hydrogen) atoms. The Balaban J connectivity index is 1.51. The fraction of sp³-hybridized carbons (Fsp3) is 0.259. The Bertz CT molecular complexity index is 1070. The highest BCUT2D eigenvalue weighted by atomic mass is 16.2. The number of nitrogens with one attached hydrogen (secondary N) is 1. The third kappa shape index (κ3) is 4.89. The highest BCUT2D eigenvalue weighted by Crippen LogP contribution is 2.26. The highest BCUT2D eigenvalue weighted by molar-refractivity contribution is 5.96. The Kier molecular flexibility index (Phi) is 6.66. The van der Waals surface area contributed by atoms with E-state index in [4.69, 9.17) is 0 Å². The van der Waals surface area contributed by atoms with Gasteiger partial charge in [0.05, 0.1) is 0 Å². The van der Waals surface area contributed by atoms with E-state index in [-0.39, 0.29) is 11.8 Å². The number of amides is 2. The SMILES string of the molecule is Cc1ccc(C)c(NC(=O)[C@@H](c2ccccc2)N2CCN(C(=O)c3ccccc3)CC2)c1. The van der Waals surface area contributed by atoms with Gasteiger partial charge in [-0.2, -0.15) is 0 Å². The van der Waals surface area contributed by atoms with Crippen LogP contribution in [0.3, 0.4) is 0 Å². The molecule has 1 aliphatic heterocycles. The number of hydrogen-bond acceptors (Lipinski definition) is 3. The molecule has 0 aromatic heterocycles. The lowest BCUT2D eigenvalue weighted by Crippen LogP contribution is -2.51. The van der Waals surface area contributed by atoms with Crippen molar-refractivity contribution in [1.29, 1.82) is 0 Å². The first-order valence-electron chi connectivity index (χ1n) is 11.0. The van der Waals surface area contributed by atoms with Gasteiger partial charge in [0, 0.05) is 37.4 Å². The molecular formula is C27H29N3O2. The van der Waals surface area contributed by atoms with Crippen molar-refractivity contribution in [2.24, 2.45) is 0 Å². The molecule has 0 radical (unpaired) electrons. The van der Waals surface area contributed by atoms with Gasteiger partial charge in [-0.15, -0.1) is 0 Å². The van der Waals surface area contributed by atoms with Crippen LogP contribution in [0, 0.1) is 13.8 Å². The van der Waals surface area contributed by atoms with Gasteiger partial charge in [-0.3, -0.25) is 14.5 Å². The molecule has 1 atom stereocenters. The van der Waals surface area contributed by atoms with E-state index >= 15 is 0 Å². The summed E-state index contributed by atoms with van der Waals surface area (Å²) in [5.74, 6) is -0.00548. The quantitative estimate of drug-likeness (QED) is 0.655. The molecule has 3 aromatic rings. The molecule has 0 unspecified atom stereocenters. The molecule has 0 bridgehead atoms. The average molecular weight is 428 g/mol. The zero-order valence-corrected chi connectivity index (χ0v) is 18.6. The molecule has 0 aliphatic carbocycles. The molecule has 5 heteroatoms. The second-order valence-electron chi connectivity index (χ2n) is 8.32. The number of nitrogens with zero attached hydrogens (tertiary/aromatic N) is 2. The van der Waals surface area contributed by atoms with Crippen LogP contribution in [0.25, 0.3) is 0 Å². The van der Waals surface area contributed by atoms with Crippen LogP contribution in [0.5, 0.6) is 0 Å². The smallest absolute Gasteiger partial charge is 0.253 e. The van der Waals surface area contributed by atoms with Crippen LogP contribution in [0.15, 0.2) is 78.9 Å². The van der Waals surface area contributed by atoms with Crippen molar-refractivity contribution in [3.8, 4) is 0 Å². The van der Waals surface area contributed by atoms with Gasteiger partial charge >= 0.3 is 0 Å². The number of rotatable bonds is 5. The maximum absolute atomic E-state index is 13.5. The highest BCUT2D eigenvalue weighted by Gasteiger charge is 2.32. The fourth-order valence-electron chi connectivity index (χ4n) is 4.18. The summed E-state index contributed by atoms with van der Waals surface area (Å²) < 4.78 is 0. The lowest BCUT2D eigenvalue weighted by Gasteiger charge is -2.39. The third-order valence-corrected chi connectivity index (χ3v) is 6.00. The van der Waals surface area contributed by atoms with Crippen molar-refractivity contribution in [1.82, 2.24) is 9.80 Å². The van der Waals surface area contributed by atoms with Crippen LogP contribution in [0.2, 0.25) is 0 Å². The molecular weight excluding hydrogens is 398 g/mol. The van der Waals surface area contributed by atoms with E-state index in [1.807, 2.05) is 97.6 Å². The minimum Gasteiger partial charge on any atom is -0.336 e. The Morgan fingerprint density at radius 3 is 2.09 bits per heavy atom. The molecule has 3 aromatic carbocycles. The van der Waals surface area contributed by atoms with E-state index < -0.39 is 6.04 Å². The molecule has 5 nitrogen and oxygen atoms in total. The zero-order valence-electron chi connectivity index (χ0n) is 18.6. The van der Waals surface area contributed by atoms with Gasteiger partial charge in [-0.1, -0.05) is 60.7 Å². The van der Waals surface area contributed by atoms with Gasteiger partial charge in [0.1, 0.15) is 6.04 Å². The Hall–Kier alpha value is -3.44. The molecule has 2 amide bonds. The Morgan fingerprint density at radius 1 is 0.812 bits per heavy atom. The molecule has 1 saturated heterocycles. The minimum atomic E-state index is -0.412. The largest absolute Gasteiger partial charge is 0.336 e. The summed E-state index contributed by atoms with van der Waals surface area (Å²) in [5.41, 5.74) is 4.64. The molecule has 0 spiro atoms. The van der Waals surface area contributed by atoms with E-state index in [0.717, 1.165) is 22.4 Å². The topological polar surface area (TPSA) is 52.7 Å². The van der Waals surface area contributed by atoms with Gasteiger partial charge in [0.25, 0.3) is 5.91 Å². The summed E-state index contributed by atoms with van der Waals surface area (Å²) in [6, 6.07) is 24.9. The van der Waals surface area contributed by atoms with Crippen LogP contribution >= 0.6 is 0 Å². The Morgan fingerprint density at radius 2 is 1.44 bits per heavy atom. The molecule has 1 N–H and O–H groups in total. The van der Waals surface area contributed by atoms with Crippen LogP contribution < -0.4 is 5.32 Å². The molecule has 1 heterocycles. The summed E-state index contributed by atoms with van der Waals surface area (Å²) in [6.07, 6.45) is 0.